The lowest BCUT2D eigenvalue weighted by Crippen LogP contribution is -2.73. The van der Waals surface area contributed by atoms with Gasteiger partial charge in [-0.3, -0.25) is 19.2 Å². The van der Waals surface area contributed by atoms with Crippen molar-refractivity contribution in [1.29, 1.82) is 0 Å². The zero-order valence-corrected chi connectivity index (χ0v) is 24.1. The monoisotopic (exact) mass is 605 g/mol. The molecule has 2 aromatic carbocycles. The van der Waals surface area contributed by atoms with Gasteiger partial charge in [-0.25, -0.2) is 4.98 Å². The number of anilines is 1. The second-order valence-electron chi connectivity index (χ2n) is 9.51. The Morgan fingerprint density at radius 3 is 2.43 bits per heavy atom. The molecule has 2 saturated heterocycles. The van der Waals surface area contributed by atoms with Crippen LogP contribution in [0.25, 0.3) is 0 Å². The summed E-state index contributed by atoms with van der Waals surface area (Å²) in [5.74, 6) is -1.19. The van der Waals surface area contributed by atoms with Crippen molar-refractivity contribution >= 4 is 58.1 Å². The zero-order valence-electron chi connectivity index (χ0n) is 22.5. The van der Waals surface area contributed by atoms with E-state index in [4.69, 9.17) is 9.57 Å². The van der Waals surface area contributed by atoms with Gasteiger partial charge in [0, 0.05) is 17.7 Å². The molecule has 3 atom stereocenters. The first-order valence-corrected chi connectivity index (χ1v) is 14.8. The molecule has 0 bridgehead atoms. The highest BCUT2D eigenvalue weighted by Crippen LogP contribution is 2.44. The molecule has 2 unspecified atom stereocenters. The van der Waals surface area contributed by atoms with Gasteiger partial charge in [-0.1, -0.05) is 71.9 Å². The standard InChI is InChI=1S/C29H27N5O6S2/c1-3-29(27(38)40-23(18-10-6-4-7-11-18)19-12-8-5-9-13-19)15-34-25(37)22(26(34)42-16-29)32-24(36)21(33-39-2)20-14-41-28(31-20)30-17-35/h3-14,17,22-23,26H,1,15-16H2,2H3,(H,32,36)(H,30,31,35)/t22?,26-,29?/m1/s1. The Bertz CT molecular complexity index is 1480. The van der Waals surface area contributed by atoms with Gasteiger partial charge in [0.05, 0.1) is 0 Å². The molecule has 11 nitrogen and oxygen atoms in total. The summed E-state index contributed by atoms with van der Waals surface area (Å²) in [6.45, 7) is 3.98. The minimum atomic E-state index is -1.14. The van der Waals surface area contributed by atoms with Gasteiger partial charge < -0.3 is 25.1 Å². The van der Waals surface area contributed by atoms with Crippen LogP contribution >= 0.6 is 23.1 Å². The number of nitrogens with one attached hydrogen (secondary N) is 2. The summed E-state index contributed by atoms with van der Waals surface area (Å²) in [4.78, 5) is 61.3. The van der Waals surface area contributed by atoms with E-state index in [-0.39, 0.29) is 29.0 Å². The first-order valence-electron chi connectivity index (χ1n) is 12.9. The van der Waals surface area contributed by atoms with Crippen LogP contribution in [0, 0.1) is 5.41 Å². The number of nitrogens with zero attached hydrogens (tertiary/aromatic N) is 3. The second kappa shape index (κ2) is 12.6. The summed E-state index contributed by atoms with van der Waals surface area (Å²) in [7, 11) is 1.28. The fraction of sp³-hybridized carbons (Fsp3) is 0.241. The average molecular weight is 606 g/mol. The number of carbonyl (C=O) groups excluding carboxylic acids is 4. The summed E-state index contributed by atoms with van der Waals surface area (Å²) in [5, 5.41) is 10.3. The van der Waals surface area contributed by atoms with Gasteiger partial charge in [0.25, 0.3) is 5.91 Å². The normalized spacial score (nSPS) is 21.5. The van der Waals surface area contributed by atoms with Gasteiger partial charge in [-0.05, 0) is 11.1 Å². The van der Waals surface area contributed by atoms with Gasteiger partial charge in [0.15, 0.2) is 16.9 Å². The smallest absolute Gasteiger partial charge is 0.319 e. The molecule has 2 fully saturated rings. The van der Waals surface area contributed by atoms with Crippen molar-refractivity contribution in [3.05, 3.63) is 95.5 Å². The Labute approximate surface area is 250 Å². The number of hydrogen-bond acceptors (Lipinski definition) is 10. The van der Waals surface area contributed by atoms with Crippen molar-refractivity contribution in [2.24, 2.45) is 10.6 Å². The number of thiazole rings is 1. The van der Waals surface area contributed by atoms with Crippen molar-refractivity contribution in [3.63, 3.8) is 0 Å². The maximum absolute atomic E-state index is 13.7. The average Bonchev–Trinajstić information content (AvgIpc) is 3.49. The molecule has 0 aliphatic carbocycles. The second-order valence-corrected chi connectivity index (χ2v) is 11.5. The highest BCUT2D eigenvalue weighted by molar-refractivity contribution is 8.00. The number of hydrogen-bond donors (Lipinski definition) is 2. The number of aromatic nitrogens is 1. The van der Waals surface area contributed by atoms with Crippen molar-refractivity contribution in [2.45, 2.75) is 17.5 Å². The SMILES string of the molecule is C=CC1(C(=O)OC(c2ccccc2)c2ccccc2)CS[C@@H]2C(NC(=O)C(=NOC)c3csc(NC=O)n3)C(=O)N2C1. The van der Waals surface area contributed by atoms with E-state index in [2.05, 4.69) is 27.4 Å². The molecule has 5 rings (SSSR count). The van der Waals surface area contributed by atoms with E-state index in [0.717, 1.165) is 22.5 Å². The Hall–Kier alpha value is -4.49. The van der Waals surface area contributed by atoms with Crippen LogP contribution in [0.5, 0.6) is 0 Å². The summed E-state index contributed by atoms with van der Waals surface area (Å²) in [6, 6.07) is 18.1. The number of rotatable bonds is 11. The first kappa shape index (κ1) is 29.0. The third kappa shape index (κ3) is 5.65. The van der Waals surface area contributed by atoms with Crippen LogP contribution in [0.15, 0.2) is 83.9 Å². The molecule has 216 valence electrons. The molecular weight excluding hydrogens is 578 g/mol. The quantitative estimate of drug-likeness (QED) is 0.0850. The molecule has 3 aromatic rings. The number of amides is 3. The Balaban J connectivity index is 1.28. The number of thioether (sulfide) groups is 1. The van der Waals surface area contributed by atoms with E-state index in [0.29, 0.717) is 12.2 Å². The molecule has 1 aromatic heterocycles. The molecule has 2 aliphatic heterocycles. The topological polar surface area (TPSA) is 139 Å². The van der Waals surface area contributed by atoms with Crippen LogP contribution in [0.3, 0.4) is 0 Å². The highest BCUT2D eigenvalue weighted by atomic mass is 32.2. The Morgan fingerprint density at radius 1 is 1.17 bits per heavy atom. The van der Waals surface area contributed by atoms with Gasteiger partial charge in [-0.15, -0.1) is 29.7 Å². The number of ether oxygens (including phenoxy) is 1. The minimum Gasteiger partial charge on any atom is -0.452 e. The van der Waals surface area contributed by atoms with Crippen LogP contribution in [0.4, 0.5) is 5.13 Å². The molecule has 3 amide bonds. The number of oxime groups is 1. The lowest BCUT2D eigenvalue weighted by Gasteiger charge is -2.53. The van der Waals surface area contributed by atoms with Crippen LogP contribution in [0.1, 0.15) is 22.9 Å². The maximum Gasteiger partial charge on any atom is 0.319 e. The van der Waals surface area contributed by atoms with E-state index in [1.54, 1.807) is 11.0 Å². The lowest BCUT2D eigenvalue weighted by molar-refractivity contribution is -0.162. The van der Waals surface area contributed by atoms with Gasteiger partial charge in [0.1, 0.15) is 29.6 Å². The van der Waals surface area contributed by atoms with E-state index in [9.17, 15) is 19.2 Å². The number of β-lactam (4-membered cyclic amide) rings is 1. The zero-order chi connectivity index (χ0) is 29.7. The van der Waals surface area contributed by atoms with E-state index < -0.39 is 34.8 Å². The third-order valence-electron chi connectivity index (χ3n) is 6.95. The predicted octanol–water partition coefficient (Wildman–Crippen LogP) is 2.97. The number of benzene rings is 2. The van der Waals surface area contributed by atoms with Crippen molar-refractivity contribution in [2.75, 3.05) is 24.7 Å². The van der Waals surface area contributed by atoms with Crippen molar-refractivity contribution < 1.29 is 28.8 Å². The summed E-state index contributed by atoms with van der Waals surface area (Å²) in [6.07, 6.45) is 1.38. The van der Waals surface area contributed by atoms with E-state index >= 15 is 0 Å². The predicted molar refractivity (Wildman–Crippen MR) is 159 cm³/mol. The van der Waals surface area contributed by atoms with Gasteiger partial charge >= 0.3 is 5.97 Å². The number of fused-ring (bicyclic) bond motifs is 1. The third-order valence-corrected chi connectivity index (χ3v) is 9.27. The molecule has 13 heteroatoms. The molecule has 0 radical (unpaired) electrons. The van der Waals surface area contributed by atoms with Crippen molar-refractivity contribution in [1.82, 2.24) is 15.2 Å². The highest BCUT2D eigenvalue weighted by Gasteiger charge is 2.57. The van der Waals surface area contributed by atoms with Crippen LogP contribution < -0.4 is 10.6 Å². The van der Waals surface area contributed by atoms with E-state index in [1.807, 2.05) is 60.7 Å². The van der Waals surface area contributed by atoms with Crippen LogP contribution in [-0.4, -0.2) is 70.6 Å². The summed E-state index contributed by atoms with van der Waals surface area (Å²) < 4.78 is 6.12. The fourth-order valence-corrected chi connectivity index (χ4v) is 6.92. The maximum atomic E-state index is 13.7. The number of esters is 1. The molecule has 0 saturated carbocycles. The fourth-order valence-electron chi connectivity index (χ4n) is 4.74. The molecule has 42 heavy (non-hydrogen) atoms. The van der Waals surface area contributed by atoms with Gasteiger partial charge in [0.2, 0.25) is 12.3 Å². The summed E-state index contributed by atoms with van der Waals surface area (Å²) in [5.41, 5.74) is 0.546. The molecular formula is C29H27N5O6S2. The largest absolute Gasteiger partial charge is 0.452 e. The van der Waals surface area contributed by atoms with Crippen molar-refractivity contribution in [3.8, 4) is 0 Å². The summed E-state index contributed by atoms with van der Waals surface area (Å²) >= 11 is 2.47. The van der Waals surface area contributed by atoms with Gasteiger partial charge in [-0.2, -0.15) is 0 Å². The lowest BCUT2D eigenvalue weighted by atomic mass is 9.87. The molecule has 0 spiro atoms. The van der Waals surface area contributed by atoms with Crippen LogP contribution in [-0.2, 0) is 28.8 Å². The van der Waals surface area contributed by atoms with E-state index in [1.165, 1.54) is 24.3 Å². The Kier molecular flexibility index (Phi) is 8.69. The Morgan fingerprint density at radius 2 is 1.83 bits per heavy atom. The van der Waals surface area contributed by atoms with Crippen LogP contribution in [0.2, 0.25) is 0 Å². The number of carbonyl (C=O) groups is 4. The molecule has 2 aliphatic rings. The first-order chi connectivity index (χ1) is 20.4. The molecule has 3 heterocycles. The molecule has 2 N–H and O–H groups in total. The minimum absolute atomic E-state index is 0.0698.